The summed E-state index contributed by atoms with van der Waals surface area (Å²) < 4.78 is 20.6. The predicted molar refractivity (Wildman–Crippen MR) is 93.0 cm³/mol. The normalized spacial score (nSPS) is 31.7. The van der Waals surface area contributed by atoms with Crippen molar-refractivity contribution in [2.45, 2.75) is 43.1 Å². The minimum absolute atomic E-state index is 0.0357. The van der Waals surface area contributed by atoms with Gasteiger partial charge >= 0.3 is 0 Å². The Hall–Kier alpha value is -1.79. The molecule has 2 aromatic carbocycles. The molecule has 0 spiro atoms. The molecular formula is C20H23FN2O2. The molecule has 1 heterocycles. The van der Waals surface area contributed by atoms with Crippen molar-refractivity contribution in [1.29, 1.82) is 0 Å². The van der Waals surface area contributed by atoms with Gasteiger partial charge in [0.1, 0.15) is 5.82 Å². The second kappa shape index (κ2) is 6.50. The Kier molecular flexibility index (Phi) is 4.33. The molecule has 2 aliphatic rings. The van der Waals surface area contributed by atoms with Crippen LogP contribution in [0.3, 0.4) is 0 Å². The zero-order valence-corrected chi connectivity index (χ0v) is 14.1. The molecule has 0 amide bonds. The van der Waals surface area contributed by atoms with Crippen LogP contribution in [0.5, 0.6) is 0 Å². The monoisotopic (exact) mass is 342 g/mol. The topological polar surface area (TPSA) is 56.5 Å². The van der Waals surface area contributed by atoms with Crippen molar-refractivity contribution in [2.24, 2.45) is 5.73 Å². The second-order valence-corrected chi connectivity index (χ2v) is 7.09. The molecule has 2 unspecified atom stereocenters. The fourth-order valence-corrected chi connectivity index (χ4v) is 4.13. The van der Waals surface area contributed by atoms with E-state index in [1.54, 1.807) is 12.1 Å². The van der Waals surface area contributed by atoms with E-state index in [9.17, 15) is 4.39 Å². The van der Waals surface area contributed by atoms with Gasteiger partial charge < -0.3 is 10.5 Å². The van der Waals surface area contributed by atoms with E-state index in [4.69, 9.17) is 15.3 Å². The van der Waals surface area contributed by atoms with Gasteiger partial charge in [0.2, 0.25) is 0 Å². The van der Waals surface area contributed by atoms with Crippen LogP contribution in [0.4, 0.5) is 4.39 Å². The van der Waals surface area contributed by atoms with Gasteiger partial charge in [-0.1, -0.05) is 48.5 Å². The zero-order chi connectivity index (χ0) is 17.3. The maximum atomic E-state index is 14.5. The van der Waals surface area contributed by atoms with Crippen LogP contribution in [0.1, 0.15) is 30.4 Å². The van der Waals surface area contributed by atoms with Crippen LogP contribution in [-0.4, -0.2) is 18.2 Å². The van der Waals surface area contributed by atoms with Crippen LogP contribution in [-0.2, 0) is 21.7 Å². The van der Waals surface area contributed by atoms with Gasteiger partial charge in [0, 0.05) is 5.56 Å². The Balaban J connectivity index is 1.53. The lowest BCUT2D eigenvalue weighted by Crippen LogP contribution is -2.65. The lowest BCUT2D eigenvalue weighted by molar-refractivity contribution is -0.0282. The van der Waals surface area contributed by atoms with Gasteiger partial charge in [-0.05, 0) is 30.9 Å². The quantitative estimate of drug-likeness (QED) is 0.897. The van der Waals surface area contributed by atoms with Gasteiger partial charge in [-0.25, -0.2) is 4.39 Å². The summed E-state index contributed by atoms with van der Waals surface area (Å²) in [7, 11) is 0. The smallest absolute Gasteiger partial charge is 0.128 e. The van der Waals surface area contributed by atoms with Crippen molar-refractivity contribution in [1.82, 2.24) is 5.48 Å². The molecule has 1 saturated heterocycles. The molecule has 1 saturated carbocycles. The zero-order valence-electron chi connectivity index (χ0n) is 14.1. The standard InChI is InChI=1S/C20H23FN2O2/c21-18-9-5-4-8-17(18)20-11-10-16(12-19(20,22)14-25-23-20)24-13-15-6-2-1-3-7-15/h1-9,16,23H,10-14,22H2/t16-,19?,20?/m1/s1. The number of fused-ring (bicyclic) bond motifs is 1. The Labute approximate surface area is 147 Å². The Morgan fingerprint density at radius 2 is 1.92 bits per heavy atom. The van der Waals surface area contributed by atoms with Crippen LogP contribution in [0.15, 0.2) is 54.6 Å². The molecule has 5 heteroatoms. The van der Waals surface area contributed by atoms with Gasteiger partial charge in [0.05, 0.1) is 30.4 Å². The average molecular weight is 342 g/mol. The molecule has 25 heavy (non-hydrogen) atoms. The number of nitrogens with one attached hydrogen (secondary N) is 1. The molecule has 2 aromatic rings. The first-order valence-electron chi connectivity index (χ1n) is 8.71. The summed E-state index contributed by atoms with van der Waals surface area (Å²) in [6, 6.07) is 16.9. The molecule has 0 aromatic heterocycles. The van der Waals surface area contributed by atoms with E-state index in [1.165, 1.54) is 6.07 Å². The Bertz CT molecular complexity index is 741. The minimum Gasteiger partial charge on any atom is -0.373 e. The highest BCUT2D eigenvalue weighted by atomic mass is 19.1. The maximum Gasteiger partial charge on any atom is 0.128 e. The van der Waals surface area contributed by atoms with Crippen molar-refractivity contribution in [3.05, 3.63) is 71.5 Å². The third-order valence-electron chi connectivity index (χ3n) is 5.52. The highest BCUT2D eigenvalue weighted by Gasteiger charge is 2.59. The minimum atomic E-state index is -0.703. The number of ether oxygens (including phenoxy) is 1. The summed E-state index contributed by atoms with van der Waals surface area (Å²) in [5.41, 5.74) is 10.1. The molecule has 2 fully saturated rings. The average Bonchev–Trinajstić information content (AvgIpc) is 2.98. The first kappa shape index (κ1) is 16.7. The van der Waals surface area contributed by atoms with E-state index < -0.39 is 11.1 Å². The van der Waals surface area contributed by atoms with Crippen molar-refractivity contribution in [2.75, 3.05) is 6.61 Å². The van der Waals surface area contributed by atoms with Gasteiger partial charge in [-0.3, -0.25) is 4.84 Å². The number of halogens is 1. The number of hydrogen-bond donors (Lipinski definition) is 2. The van der Waals surface area contributed by atoms with Crippen LogP contribution in [0, 0.1) is 5.82 Å². The molecule has 4 rings (SSSR count). The van der Waals surface area contributed by atoms with Crippen LogP contribution in [0.2, 0.25) is 0 Å². The molecule has 1 aliphatic carbocycles. The second-order valence-electron chi connectivity index (χ2n) is 7.09. The first-order chi connectivity index (χ1) is 12.1. The summed E-state index contributed by atoms with van der Waals surface area (Å²) >= 11 is 0. The fourth-order valence-electron chi connectivity index (χ4n) is 4.13. The van der Waals surface area contributed by atoms with E-state index in [-0.39, 0.29) is 11.9 Å². The molecule has 132 valence electrons. The van der Waals surface area contributed by atoms with Crippen LogP contribution >= 0.6 is 0 Å². The van der Waals surface area contributed by atoms with Crippen molar-refractivity contribution in [3.63, 3.8) is 0 Å². The van der Waals surface area contributed by atoms with Crippen LogP contribution in [0.25, 0.3) is 0 Å². The maximum absolute atomic E-state index is 14.5. The van der Waals surface area contributed by atoms with Gasteiger partial charge in [0.25, 0.3) is 0 Å². The largest absolute Gasteiger partial charge is 0.373 e. The lowest BCUT2D eigenvalue weighted by atomic mass is 9.64. The lowest BCUT2D eigenvalue weighted by Gasteiger charge is -2.47. The first-order valence-corrected chi connectivity index (χ1v) is 8.71. The van der Waals surface area contributed by atoms with Crippen molar-refractivity contribution in [3.8, 4) is 0 Å². The molecule has 0 bridgehead atoms. The van der Waals surface area contributed by atoms with Gasteiger partial charge in [-0.2, -0.15) is 5.48 Å². The van der Waals surface area contributed by atoms with Crippen molar-refractivity contribution >= 4 is 0 Å². The molecule has 1 aliphatic heterocycles. The van der Waals surface area contributed by atoms with Gasteiger partial charge in [0.15, 0.2) is 0 Å². The molecule has 4 nitrogen and oxygen atoms in total. The van der Waals surface area contributed by atoms with Crippen molar-refractivity contribution < 1.29 is 14.0 Å². The number of hydroxylamine groups is 1. The number of benzene rings is 2. The number of rotatable bonds is 4. The molecular weight excluding hydrogens is 319 g/mol. The van der Waals surface area contributed by atoms with E-state index >= 15 is 0 Å². The predicted octanol–water partition coefficient (Wildman–Crippen LogP) is 3.02. The SMILES string of the molecule is NC12CONC1(c1ccccc1F)CC[C@@H](OCc1ccccc1)C2. The van der Waals surface area contributed by atoms with E-state index in [0.717, 1.165) is 12.0 Å². The Morgan fingerprint density at radius 3 is 2.72 bits per heavy atom. The fraction of sp³-hybridized carbons (Fsp3) is 0.400. The Morgan fingerprint density at radius 1 is 1.16 bits per heavy atom. The third kappa shape index (κ3) is 2.87. The summed E-state index contributed by atoms with van der Waals surface area (Å²) in [4.78, 5) is 5.52. The van der Waals surface area contributed by atoms with E-state index in [2.05, 4.69) is 5.48 Å². The molecule has 0 radical (unpaired) electrons. The van der Waals surface area contributed by atoms with Crippen LogP contribution < -0.4 is 11.2 Å². The summed E-state index contributed by atoms with van der Waals surface area (Å²) in [6.45, 7) is 0.898. The number of hydrogen-bond acceptors (Lipinski definition) is 4. The van der Waals surface area contributed by atoms with E-state index in [0.29, 0.717) is 31.6 Å². The summed E-state index contributed by atoms with van der Waals surface area (Å²) in [5, 5.41) is 0. The van der Waals surface area contributed by atoms with Gasteiger partial charge in [-0.15, -0.1) is 0 Å². The molecule has 3 atom stereocenters. The summed E-state index contributed by atoms with van der Waals surface area (Å²) in [6.07, 6.45) is 2.13. The summed E-state index contributed by atoms with van der Waals surface area (Å²) in [5.74, 6) is -0.251. The highest BCUT2D eigenvalue weighted by molar-refractivity contribution is 5.34. The molecule has 3 N–H and O–H groups in total. The number of nitrogens with two attached hydrogens (primary N) is 1. The third-order valence-corrected chi connectivity index (χ3v) is 5.52. The highest BCUT2D eigenvalue weighted by Crippen LogP contribution is 2.47. The van der Waals surface area contributed by atoms with E-state index in [1.807, 2.05) is 36.4 Å².